The van der Waals surface area contributed by atoms with Crippen molar-refractivity contribution in [2.45, 2.75) is 45.4 Å². The van der Waals surface area contributed by atoms with Gasteiger partial charge in [-0.2, -0.15) is 4.98 Å². The van der Waals surface area contributed by atoms with Crippen LogP contribution in [-0.2, 0) is 16.1 Å². The summed E-state index contributed by atoms with van der Waals surface area (Å²) in [5, 5.41) is 7.63. The largest absolute Gasteiger partial charge is 0.459 e. The van der Waals surface area contributed by atoms with Gasteiger partial charge in [-0.25, -0.2) is 4.79 Å². The fourth-order valence-electron chi connectivity index (χ4n) is 5.16. The highest BCUT2D eigenvalue weighted by Crippen LogP contribution is 2.32. The standard InChI is InChI=1S/C33H36N4O3S/c1-4-6-17-28-23(3)20-29(41-28)32-35-30(36-40-32)22-37-19-18-24(5-2)27(21-37)39-33(38)31(25-13-9-7-10-14-25)34-26-15-11-8-12-16-26/h4,6-17,20,24,27,31,34H,1,5,18-19,21-22H2,2-3H3/b17-6-/t24?,27-,31+/m0/s1. The van der Waals surface area contributed by atoms with Gasteiger partial charge in [-0.05, 0) is 67.6 Å². The lowest BCUT2D eigenvalue weighted by atomic mass is 9.91. The number of carbonyl (C=O) groups is 1. The molecule has 0 radical (unpaired) electrons. The second-order valence-corrected chi connectivity index (χ2v) is 11.4. The van der Waals surface area contributed by atoms with Gasteiger partial charge >= 0.3 is 5.97 Å². The van der Waals surface area contributed by atoms with E-state index >= 15 is 0 Å². The number of nitrogens with one attached hydrogen (secondary N) is 1. The molecule has 0 spiro atoms. The number of esters is 1. The first kappa shape index (κ1) is 28.5. The molecule has 3 atom stereocenters. The summed E-state index contributed by atoms with van der Waals surface area (Å²) < 4.78 is 11.9. The maximum absolute atomic E-state index is 13.6. The number of benzene rings is 2. The fourth-order valence-corrected chi connectivity index (χ4v) is 6.17. The van der Waals surface area contributed by atoms with Gasteiger partial charge in [-0.1, -0.05) is 79.3 Å². The minimum atomic E-state index is -0.605. The molecular formula is C33H36N4O3S. The number of carbonyl (C=O) groups excluding carboxylic acids is 1. The summed E-state index contributed by atoms with van der Waals surface area (Å²) in [6.07, 6.45) is 7.37. The van der Waals surface area contributed by atoms with Crippen molar-refractivity contribution in [3.63, 3.8) is 0 Å². The minimum Gasteiger partial charge on any atom is -0.459 e. The van der Waals surface area contributed by atoms with Crippen LogP contribution < -0.4 is 5.32 Å². The Kier molecular flexibility index (Phi) is 9.44. The van der Waals surface area contributed by atoms with E-state index in [1.807, 2.05) is 72.8 Å². The van der Waals surface area contributed by atoms with Crippen molar-refractivity contribution >= 4 is 29.1 Å². The number of para-hydroxylation sites is 1. The number of nitrogens with zero attached hydrogens (tertiary/aromatic N) is 3. The number of aryl methyl sites for hydroxylation is 1. The summed E-state index contributed by atoms with van der Waals surface area (Å²) in [5.41, 5.74) is 2.89. The third-order valence-corrected chi connectivity index (χ3v) is 8.60. The van der Waals surface area contributed by atoms with E-state index in [0.29, 0.717) is 30.7 Å². The second kappa shape index (κ2) is 13.6. The van der Waals surface area contributed by atoms with Crippen LogP contribution >= 0.6 is 11.3 Å². The first-order valence-corrected chi connectivity index (χ1v) is 14.9. The highest BCUT2D eigenvalue weighted by Gasteiger charge is 2.34. The summed E-state index contributed by atoms with van der Waals surface area (Å²) in [6, 6.07) is 21.0. The molecule has 3 heterocycles. The Morgan fingerprint density at radius 1 is 1.22 bits per heavy atom. The molecule has 0 saturated carbocycles. The van der Waals surface area contributed by atoms with Crippen molar-refractivity contribution in [1.29, 1.82) is 0 Å². The quantitative estimate of drug-likeness (QED) is 0.150. The summed E-state index contributed by atoms with van der Waals surface area (Å²) >= 11 is 1.62. The van der Waals surface area contributed by atoms with Crippen LogP contribution in [0.15, 0.2) is 90.0 Å². The number of anilines is 1. The van der Waals surface area contributed by atoms with Gasteiger partial charge in [-0.15, -0.1) is 11.3 Å². The van der Waals surface area contributed by atoms with Crippen molar-refractivity contribution in [2.75, 3.05) is 18.4 Å². The van der Waals surface area contributed by atoms with Crippen molar-refractivity contribution in [1.82, 2.24) is 15.0 Å². The number of hydrogen-bond donors (Lipinski definition) is 1. The Hall–Kier alpha value is -4.01. The van der Waals surface area contributed by atoms with E-state index in [4.69, 9.17) is 9.26 Å². The topological polar surface area (TPSA) is 80.5 Å². The summed E-state index contributed by atoms with van der Waals surface area (Å²) in [4.78, 5) is 22.7. The number of hydrogen-bond acceptors (Lipinski definition) is 8. The van der Waals surface area contributed by atoms with E-state index < -0.39 is 6.04 Å². The maximum Gasteiger partial charge on any atom is 0.333 e. The molecule has 0 aliphatic carbocycles. The molecule has 0 bridgehead atoms. The number of allylic oxidation sites excluding steroid dienone is 2. The first-order chi connectivity index (χ1) is 20.0. The average molecular weight is 569 g/mol. The van der Waals surface area contributed by atoms with E-state index in [-0.39, 0.29) is 12.1 Å². The third-order valence-electron chi connectivity index (χ3n) is 7.41. The lowest BCUT2D eigenvalue weighted by Crippen LogP contribution is -2.46. The predicted octanol–water partition coefficient (Wildman–Crippen LogP) is 7.30. The molecular weight excluding hydrogens is 532 g/mol. The zero-order valence-electron chi connectivity index (χ0n) is 23.5. The molecule has 1 N–H and O–H groups in total. The molecule has 5 rings (SSSR count). The maximum atomic E-state index is 13.6. The molecule has 2 aromatic carbocycles. The molecule has 1 aliphatic heterocycles. The van der Waals surface area contributed by atoms with Crippen LogP contribution in [0.5, 0.6) is 0 Å². The third kappa shape index (κ3) is 7.20. The Morgan fingerprint density at radius 2 is 1.98 bits per heavy atom. The summed E-state index contributed by atoms with van der Waals surface area (Å²) in [7, 11) is 0. The lowest BCUT2D eigenvalue weighted by Gasteiger charge is -2.37. The molecule has 7 nitrogen and oxygen atoms in total. The van der Waals surface area contributed by atoms with Crippen LogP contribution in [0.1, 0.15) is 47.6 Å². The summed E-state index contributed by atoms with van der Waals surface area (Å²) in [6.45, 7) is 10.0. The van der Waals surface area contributed by atoms with Crippen LogP contribution in [0, 0.1) is 12.8 Å². The van der Waals surface area contributed by atoms with Gasteiger partial charge in [0.2, 0.25) is 0 Å². The SMILES string of the molecule is C=C/C=C\c1sc(-c2nc(CN3CCC(CC)[C@@H](OC(=O)[C@H](Nc4ccccc4)c4ccccc4)C3)no2)cc1C. The average Bonchev–Trinajstić information content (AvgIpc) is 3.62. The Balaban J connectivity index is 1.27. The lowest BCUT2D eigenvalue weighted by molar-refractivity contribution is -0.156. The molecule has 1 fully saturated rings. The van der Waals surface area contributed by atoms with E-state index in [0.717, 1.165) is 46.0 Å². The van der Waals surface area contributed by atoms with Gasteiger partial charge in [0.15, 0.2) is 11.9 Å². The first-order valence-electron chi connectivity index (χ1n) is 14.1. The highest BCUT2D eigenvalue weighted by atomic mass is 32.1. The molecule has 8 heteroatoms. The minimum absolute atomic E-state index is 0.226. The molecule has 1 unspecified atom stereocenters. The van der Waals surface area contributed by atoms with Crippen molar-refractivity contribution < 1.29 is 14.1 Å². The van der Waals surface area contributed by atoms with Crippen molar-refractivity contribution in [3.05, 3.63) is 107 Å². The number of piperidine rings is 1. The zero-order chi connectivity index (χ0) is 28.6. The van der Waals surface area contributed by atoms with Crippen LogP contribution in [-0.4, -0.2) is 40.2 Å². The molecule has 4 aromatic rings. The normalized spacial score (nSPS) is 18.3. The van der Waals surface area contributed by atoms with E-state index in [1.165, 1.54) is 0 Å². The molecule has 212 valence electrons. The van der Waals surface area contributed by atoms with Gasteiger partial charge in [0.25, 0.3) is 5.89 Å². The Labute approximate surface area is 245 Å². The number of rotatable bonds is 11. The second-order valence-electron chi connectivity index (χ2n) is 10.3. The molecule has 0 amide bonds. The zero-order valence-corrected chi connectivity index (χ0v) is 24.3. The monoisotopic (exact) mass is 568 g/mol. The van der Waals surface area contributed by atoms with Crippen molar-refractivity contribution in [3.8, 4) is 10.8 Å². The van der Waals surface area contributed by atoms with Crippen LogP contribution in [0.3, 0.4) is 0 Å². The molecule has 1 saturated heterocycles. The number of ether oxygens (including phenoxy) is 1. The molecule has 2 aromatic heterocycles. The molecule has 1 aliphatic rings. The van der Waals surface area contributed by atoms with Crippen LogP contribution in [0.25, 0.3) is 16.8 Å². The number of aromatic nitrogens is 2. The Morgan fingerprint density at radius 3 is 2.71 bits per heavy atom. The van der Waals surface area contributed by atoms with Gasteiger partial charge < -0.3 is 14.6 Å². The van der Waals surface area contributed by atoms with E-state index in [2.05, 4.69) is 46.9 Å². The predicted molar refractivity (Wildman–Crippen MR) is 164 cm³/mol. The van der Waals surface area contributed by atoms with Gasteiger partial charge in [0.05, 0.1) is 11.4 Å². The van der Waals surface area contributed by atoms with Gasteiger partial charge in [0.1, 0.15) is 6.10 Å². The van der Waals surface area contributed by atoms with Crippen LogP contribution in [0.2, 0.25) is 0 Å². The number of thiophene rings is 1. The fraction of sp³-hybridized carbons (Fsp3) is 0.303. The highest BCUT2D eigenvalue weighted by molar-refractivity contribution is 7.16. The summed E-state index contributed by atoms with van der Waals surface area (Å²) in [5.74, 6) is 1.17. The van der Waals surface area contributed by atoms with Crippen LogP contribution in [0.4, 0.5) is 5.69 Å². The number of likely N-dealkylation sites (tertiary alicyclic amines) is 1. The van der Waals surface area contributed by atoms with Gasteiger partial charge in [0, 0.05) is 17.1 Å². The van der Waals surface area contributed by atoms with E-state index in [9.17, 15) is 4.79 Å². The van der Waals surface area contributed by atoms with Gasteiger partial charge in [-0.3, -0.25) is 4.90 Å². The van der Waals surface area contributed by atoms with Crippen molar-refractivity contribution in [2.24, 2.45) is 5.92 Å². The Bertz CT molecular complexity index is 1460. The van der Waals surface area contributed by atoms with E-state index in [1.54, 1.807) is 17.4 Å². The smallest absolute Gasteiger partial charge is 0.333 e. The molecule has 41 heavy (non-hydrogen) atoms.